The predicted octanol–water partition coefficient (Wildman–Crippen LogP) is 3.49. The average molecular weight is 375 g/mol. The van der Waals surface area contributed by atoms with Gasteiger partial charge in [0.15, 0.2) is 0 Å². The van der Waals surface area contributed by atoms with Crippen LogP contribution in [-0.2, 0) is 19.4 Å². The van der Waals surface area contributed by atoms with Crippen molar-refractivity contribution in [3.8, 4) is 0 Å². The molecule has 2 heterocycles. The van der Waals surface area contributed by atoms with Crippen molar-refractivity contribution in [2.75, 3.05) is 6.54 Å². The van der Waals surface area contributed by atoms with Crippen LogP contribution < -0.4 is 10.9 Å². The number of aryl methyl sites for hydroxylation is 2. The minimum atomic E-state index is -0.119. The molecule has 0 aliphatic carbocycles. The largest absolute Gasteiger partial charge is 0.352 e. The van der Waals surface area contributed by atoms with E-state index in [1.54, 1.807) is 22.8 Å². The molecule has 0 saturated heterocycles. The Balaban J connectivity index is 1.46. The van der Waals surface area contributed by atoms with Gasteiger partial charge in [-0.1, -0.05) is 36.8 Å². The lowest BCUT2D eigenvalue weighted by atomic mass is 10.1. The number of hydrogen-bond donors (Lipinski definition) is 1. The SMILES string of the molecule is O=C(NCCCc1ccccc1)c1ccc2c(=O)n3c(nc2c1)CCCCC3. The standard InChI is InChI=1S/C23H25N3O2/c27-22(24-14-7-10-17-8-3-1-4-9-17)18-12-13-19-20(16-18)25-21-11-5-2-6-15-26(21)23(19)28/h1,3-4,8-9,12-13,16H,2,5-7,10-11,14-15H2,(H,24,27). The first-order valence-corrected chi connectivity index (χ1v) is 10.1. The molecule has 1 amide bonds. The molecule has 144 valence electrons. The van der Waals surface area contributed by atoms with E-state index in [2.05, 4.69) is 17.4 Å². The van der Waals surface area contributed by atoms with Crippen LogP contribution in [0, 0.1) is 0 Å². The molecule has 28 heavy (non-hydrogen) atoms. The molecule has 5 heteroatoms. The van der Waals surface area contributed by atoms with Crippen molar-refractivity contribution in [3.05, 3.63) is 75.8 Å². The van der Waals surface area contributed by atoms with Crippen molar-refractivity contribution in [1.82, 2.24) is 14.9 Å². The van der Waals surface area contributed by atoms with E-state index in [1.807, 2.05) is 18.2 Å². The topological polar surface area (TPSA) is 64.0 Å². The number of rotatable bonds is 5. The number of carbonyl (C=O) groups is 1. The van der Waals surface area contributed by atoms with E-state index in [0.29, 0.717) is 23.0 Å². The molecule has 0 saturated carbocycles. The summed E-state index contributed by atoms with van der Waals surface area (Å²) < 4.78 is 1.80. The molecule has 0 unspecified atom stereocenters. The Morgan fingerprint density at radius 1 is 1.07 bits per heavy atom. The number of fused-ring (bicyclic) bond motifs is 2. The zero-order valence-corrected chi connectivity index (χ0v) is 16.0. The van der Waals surface area contributed by atoms with E-state index in [-0.39, 0.29) is 11.5 Å². The highest BCUT2D eigenvalue weighted by molar-refractivity contribution is 5.97. The van der Waals surface area contributed by atoms with Crippen molar-refractivity contribution in [3.63, 3.8) is 0 Å². The number of aromatic nitrogens is 2. The zero-order chi connectivity index (χ0) is 19.3. The van der Waals surface area contributed by atoms with Crippen molar-refractivity contribution in [1.29, 1.82) is 0 Å². The fourth-order valence-electron chi connectivity index (χ4n) is 3.80. The molecule has 5 nitrogen and oxygen atoms in total. The number of nitrogens with zero attached hydrogens (tertiary/aromatic N) is 2. The summed E-state index contributed by atoms with van der Waals surface area (Å²) in [5, 5.41) is 3.56. The summed E-state index contributed by atoms with van der Waals surface area (Å²) in [6.07, 6.45) is 5.83. The second-order valence-corrected chi connectivity index (χ2v) is 7.37. The molecule has 0 atom stereocenters. The lowest BCUT2D eigenvalue weighted by Gasteiger charge is -2.11. The van der Waals surface area contributed by atoms with Gasteiger partial charge in [0.25, 0.3) is 11.5 Å². The van der Waals surface area contributed by atoms with Crippen LogP contribution in [0.3, 0.4) is 0 Å². The molecular weight excluding hydrogens is 350 g/mol. The lowest BCUT2D eigenvalue weighted by Crippen LogP contribution is -2.26. The summed E-state index contributed by atoms with van der Waals surface area (Å²) in [6.45, 7) is 1.35. The summed E-state index contributed by atoms with van der Waals surface area (Å²) in [4.78, 5) is 30.0. The van der Waals surface area contributed by atoms with Gasteiger partial charge in [0.05, 0.1) is 10.9 Å². The van der Waals surface area contributed by atoms with Gasteiger partial charge >= 0.3 is 0 Å². The second-order valence-electron chi connectivity index (χ2n) is 7.37. The van der Waals surface area contributed by atoms with Crippen LogP contribution in [0.4, 0.5) is 0 Å². The monoisotopic (exact) mass is 375 g/mol. The molecular formula is C23H25N3O2. The van der Waals surface area contributed by atoms with Crippen molar-refractivity contribution < 1.29 is 4.79 Å². The van der Waals surface area contributed by atoms with Crippen LogP contribution >= 0.6 is 0 Å². The van der Waals surface area contributed by atoms with Crippen LogP contribution in [0.25, 0.3) is 10.9 Å². The summed E-state index contributed by atoms with van der Waals surface area (Å²) >= 11 is 0. The Morgan fingerprint density at radius 3 is 2.79 bits per heavy atom. The van der Waals surface area contributed by atoms with Crippen molar-refractivity contribution in [2.45, 2.75) is 45.1 Å². The fraction of sp³-hybridized carbons (Fsp3) is 0.348. The van der Waals surface area contributed by atoms with Gasteiger partial charge < -0.3 is 5.32 Å². The van der Waals surface area contributed by atoms with Crippen LogP contribution in [0.5, 0.6) is 0 Å². The molecule has 2 aromatic carbocycles. The summed E-state index contributed by atoms with van der Waals surface area (Å²) in [6, 6.07) is 15.5. The third-order valence-corrected chi connectivity index (χ3v) is 5.35. The normalized spacial score (nSPS) is 13.7. The van der Waals surface area contributed by atoms with Gasteiger partial charge in [0.1, 0.15) is 5.82 Å². The molecule has 0 spiro atoms. The average Bonchev–Trinajstić information content (AvgIpc) is 2.97. The van der Waals surface area contributed by atoms with E-state index in [4.69, 9.17) is 4.98 Å². The third kappa shape index (κ3) is 3.98. The molecule has 3 aromatic rings. The number of amides is 1. The van der Waals surface area contributed by atoms with Gasteiger partial charge in [-0.05, 0) is 49.4 Å². The zero-order valence-electron chi connectivity index (χ0n) is 16.0. The van der Waals surface area contributed by atoms with Crippen LogP contribution in [0.15, 0.2) is 53.3 Å². The Labute approximate surface area is 164 Å². The first-order valence-electron chi connectivity index (χ1n) is 10.1. The summed E-state index contributed by atoms with van der Waals surface area (Å²) in [7, 11) is 0. The minimum Gasteiger partial charge on any atom is -0.352 e. The highest BCUT2D eigenvalue weighted by Crippen LogP contribution is 2.16. The van der Waals surface area contributed by atoms with Gasteiger partial charge in [-0.15, -0.1) is 0 Å². The number of carbonyl (C=O) groups excluding carboxylic acids is 1. The Kier molecular flexibility index (Phi) is 5.51. The molecule has 4 rings (SSSR count). The summed E-state index contributed by atoms with van der Waals surface area (Å²) in [5.74, 6) is 0.724. The van der Waals surface area contributed by atoms with Gasteiger partial charge in [-0.25, -0.2) is 4.98 Å². The van der Waals surface area contributed by atoms with Crippen LogP contribution in [-0.4, -0.2) is 22.0 Å². The minimum absolute atomic E-state index is 0.0109. The van der Waals surface area contributed by atoms with Crippen molar-refractivity contribution >= 4 is 16.8 Å². The highest BCUT2D eigenvalue weighted by atomic mass is 16.1. The van der Waals surface area contributed by atoms with Crippen LogP contribution in [0.1, 0.15) is 47.4 Å². The quantitative estimate of drug-likeness (QED) is 0.695. The Bertz CT molecular complexity index is 1040. The van der Waals surface area contributed by atoms with E-state index < -0.39 is 0 Å². The molecule has 1 aromatic heterocycles. The lowest BCUT2D eigenvalue weighted by molar-refractivity contribution is 0.0953. The second kappa shape index (κ2) is 8.38. The van der Waals surface area contributed by atoms with Gasteiger partial charge in [-0.3, -0.25) is 14.2 Å². The van der Waals surface area contributed by atoms with E-state index in [9.17, 15) is 9.59 Å². The maximum Gasteiger partial charge on any atom is 0.261 e. The third-order valence-electron chi connectivity index (χ3n) is 5.35. The maximum atomic E-state index is 12.8. The fourth-order valence-corrected chi connectivity index (χ4v) is 3.80. The first kappa shape index (κ1) is 18.4. The maximum absolute atomic E-state index is 12.8. The molecule has 0 bridgehead atoms. The molecule has 1 aliphatic rings. The smallest absolute Gasteiger partial charge is 0.261 e. The number of benzene rings is 2. The van der Waals surface area contributed by atoms with Crippen molar-refractivity contribution in [2.24, 2.45) is 0 Å². The van der Waals surface area contributed by atoms with E-state index >= 15 is 0 Å². The van der Waals surface area contributed by atoms with Gasteiger partial charge in [-0.2, -0.15) is 0 Å². The Hall–Kier alpha value is -2.95. The predicted molar refractivity (Wildman–Crippen MR) is 111 cm³/mol. The molecule has 0 radical (unpaired) electrons. The molecule has 0 fully saturated rings. The number of hydrogen-bond acceptors (Lipinski definition) is 3. The Morgan fingerprint density at radius 2 is 1.93 bits per heavy atom. The van der Waals surface area contributed by atoms with E-state index in [1.165, 1.54) is 5.56 Å². The van der Waals surface area contributed by atoms with Gasteiger partial charge in [0.2, 0.25) is 0 Å². The highest BCUT2D eigenvalue weighted by Gasteiger charge is 2.15. The van der Waals surface area contributed by atoms with Crippen LogP contribution in [0.2, 0.25) is 0 Å². The first-order chi connectivity index (χ1) is 13.7. The summed E-state index contributed by atoms with van der Waals surface area (Å²) in [5.41, 5.74) is 2.46. The van der Waals surface area contributed by atoms with Gasteiger partial charge in [0, 0.05) is 25.1 Å². The molecule has 1 N–H and O–H groups in total. The molecule has 1 aliphatic heterocycles. The van der Waals surface area contributed by atoms with E-state index in [0.717, 1.165) is 50.9 Å². The number of nitrogens with one attached hydrogen (secondary N) is 1.